The number of carbonyl (C=O) groups is 1. The quantitative estimate of drug-likeness (QED) is 0.496. The fourth-order valence-corrected chi connectivity index (χ4v) is 4.65. The van der Waals surface area contributed by atoms with E-state index in [1.54, 1.807) is 14.2 Å². The number of ether oxygens (including phenoxy) is 4. The Kier molecular flexibility index (Phi) is 8.09. The zero-order chi connectivity index (χ0) is 24.9. The minimum atomic E-state index is -3.11. The molecule has 186 valence electrons. The van der Waals surface area contributed by atoms with Crippen LogP contribution in [-0.2, 0) is 19.7 Å². The molecule has 0 bridgehead atoms. The number of benzene rings is 1. The van der Waals surface area contributed by atoms with Crippen molar-refractivity contribution in [2.24, 2.45) is 0 Å². The Balaban J connectivity index is 2.04. The molecule has 1 saturated carbocycles. The van der Waals surface area contributed by atoms with E-state index in [9.17, 15) is 13.6 Å². The van der Waals surface area contributed by atoms with Gasteiger partial charge in [-0.3, -0.25) is 4.79 Å². The van der Waals surface area contributed by atoms with Crippen LogP contribution in [0.1, 0.15) is 56.6 Å². The average Bonchev–Trinajstić information content (AvgIpc) is 2.84. The number of carbonyl (C=O) groups excluding carboxylic acids is 1. The van der Waals surface area contributed by atoms with Crippen molar-refractivity contribution < 1.29 is 32.5 Å². The van der Waals surface area contributed by atoms with Gasteiger partial charge >= 0.3 is 6.61 Å². The number of amides is 1. The molecule has 1 fully saturated rings. The van der Waals surface area contributed by atoms with Crippen molar-refractivity contribution in [3.05, 3.63) is 47.5 Å². The first-order valence-corrected chi connectivity index (χ1v) is 11.2. The lowest BCUT2D eigenvalue weighted by Gasteiger charge is -2.45. The summed E-state index contributed by atoms with van der Waals surface area (Å²) in [4.78, 5) is 17.9. The molecule has 1 amide bonds. The highest BCUT2D eigenvalue weighted by Crippen LogP contribution is 2.47. The van der Waals surface area contributed by atoms with Crippen molar-refractivity contribution in [3.63, 3.8) is 0 Å². The van der Waals surface area contributed by atoms with Crippen LogP contribution in [0, 0.1) is 0 Å². The molecule has 3 rings (SSSR count). The molecule has 1 aromatic heterocycles. The van der Waals surface area contributed by atoms with E-state index >= 15 is 0 Å². The number of nitrogens with zero attached hydrogens (tertiary/aromatic N) is 1. The molecule has 0 atom stereocenters. The second-order valence-corrected chi connectivity index (χ2v) is 8.68. The molecule has 1 heterocycles. The van der Waals surface area contributed by atoms with Crippen LogP contribution in [0.5, 0.6) is 11.8 Å². The van der Waals surface area contributed by atoms with Crippen LogP contribution in [0.25, 0.3) is 0 Å². The summed E-state index contributed by atoms with van der Waals surface area (Å²) in [7, 11) is 4.55. The lowest BCUT2D eigenvalue weighted by molar-refractivity contribution is -0.228. The molecule has 0 radical (unpaired) electrons. The Morgan fingerprint density at radius 3 is 2.21 bits per heavy atom. The summed E-state index contributed by atoms with van der Waals surface area (Å²) in [5.74, 6) is -1.24. The molecule has 0 aliphatic heterocycles. The third-order valence-electron chi connectivity index (χ3n) is 6.64. The second kappa shape index (κ2) is 10.7. The van der Waals surface area contributed by atoms with Crippen LogP contribution < -0.4 is 14.8 Å². The molecule has 7 nitrogen and oxygen atoms in total. The Hall–Kier alpha value is -2.78. The zero-order valence-corrected chi connectivity index (χ0v) is 20.2. The van der Waals surface area contributed by atoms with Crippen LogP contribution in [0.3, 0.4) is 0 Å². The molecule has 1 aromatic carbocycles. The highest BCUT2D eigenvalue weighted by molar-refractivity contribution is 6.00. The van der Waals surface area contributed by atoms with Gasteiger partial charge in [0.25, 0.3) is 0 Å². The minimum absolute atomic E-state index is 0.0443. The highest BCUT2D eigenvalue weighted by atomic mass is 19.3. The van der Waals surface area contributed by atoms with Gasteiger partial charge in [0.15, 0.2) is 5.79 Å². The van der Waals surface area contributed by atoms with Gasteiger partial charge in [0.05, 0.1) is 12.5 Å². The third-order valence-corrected chi connectivity index (χ3v) is 6.64. The molecular formula is C25H32F2N2O5. The standard InChI is InChI=1S/C25H32F2N2O5/c1-16(2)17-8-6-7-9-18(17)24(12-14-25(32-4,33-5)15-13-24)22(30)28-19-10-11-20(31-3)29-21(19)34-23(26)27/h6-11,16,23H,12-15H2,1-5H3,(H,28,30). The first-order chi connectivity index (χ1) is 16.2. The summed E-state index contributed by atoms with van der Waals surface area (Å²) >= 11 is 0. The molecule has 0 saturated heterocycles. The Morgan fingerprint density at radius 1 is 1.00 bits per heavy atom. The molecule has 9 heteroatoms. The van der Waals surface area contributed by atoms with E-state index in [4.69, 9.17) is 14.2 Å². The van der Waals surface area contributed by atoms with E-state index in [1.165, 1.54) is 19.2 Å². The lowest BCUT2D eigenvalue weighted by Crippen LogP contribution is -2.50. The highest BCUT2D eigenvalue weighted by Gasteiger charge is 2.49. The van der Waals surface area contributed by atoms with Crippen LogP contribution in [-0.4, -0.2) is 44.6 Å². The monoisotopic (exact) mass is 478 g/mol. The maximum absolute atomic E-state index is 14.0. The number of halogens is 2. The summed E-state index contributed by atoms with van der Waals surface area (Å²) in [6.07, 6.45) is 1.86. The number of hydrogen-bond acceptors (Lipinski definition) is 6. The molecule has 1 N–H and O–H groups in total. The number of methoxy groups -OCH3 is 3. The predicted octanol–water partition coefficient (Wildman–Crippen LogP) is 5.25. The van der Waals surface area contributed by atoms with E-state index in [2.05, 4.69) is 28.9 Å². The van der Waals surface area contributed by atoms with Crippen molar-refractivity contribution in [2.75, 3.05) is 26.6 Å². The SMILES string of the molecule is COc1ccc(NC(=O)C2(c3ccccc3C(C)C)CCC(OC)(OC)CC2)c(OC(F)F)n1. The van der Waals surface area contributed by atoms with Gasteiger partial charge in [-0.1, -0.05) is 38.1 Å². The van der Waals surface area contributed by atoms with Gasteiger partial charge in [-0.15, -0.1) is 0 Å². The normalized spacial score (nSPS) is 17.0. The number of anilines is 1. The van der Waals surface area contributed by atoms with Crippen molar-refractivity contribution in [2.45, 2.75) is 63.3 Å². The number of pyridine rings is 1. The summed E-state index contributed by atoms with van der Waals surface area (Å²) in [6, 6.07) is 10.8. The van der Waals surface area contributed by atoms with Gasteiger partial charge in [-0.2, -0.15) is 13.8 Å². The summed E-state index contributed by atoms with van der Waals surface area (Å²) in [5.41, 5.74) is 1.07. The van der Waals surface area contributed by atoms with E-state index in [0.29, 0.717) is 25.7 Å². The van der Waals surface area contributed by atoms with Crippen molar-refractivity contribution in [3.8, 4) is 11.8 Å². The molecular weight excluding hydrogens is 446 g/mol. The summed E-state index contributed by atoms with van der Waals surface area (Å²) < 4.78 is 46.9. The Labute approximate surface area is 198 Å². The van der Waals surface area contributed by atoms with Gasteiger partial charge in [0, 0.05) is 33.1 Å². The smallest absolute Gasteiger partial charge is 0.388 e. The lowest BCUT2D eigenvalue weighted by atomic mass is 9.65. The molecule has 1 aliphatic carbocycles. The topological polar surface area (TPSA) is 78.9 Å². The van der Waals surface area contributed by atoms with Gasteiger partial charge in [-0.25, -0.2) is 0 Å². The first-order valence-electron chi connectivity index (χ1n) is 11.2. The van der Waals surface area contributed by atoms with Crippen molar-refractivity contribution >= 4 is 11.6 Å². The largest absolute Gasteiger partial charge is 0.481 e. The van der Waals surface area contributed by atoms with E-state index < -0.39 is 23.7 Å². The Morgan fingerprint density at radius 2 is 1.65 bits per heavy atom. The van der Waals surface area contributed by atoms with Crippen LogP contribution in [0.15, 0.2) is 36.4 Å². The van der Waals surface area contributed by atoms with Crippen LogP contribution >= 0.6 is 0 Å². The van der Waals surface area contributed by atoms with E-state index in [1.807, 2.05) is 24.3 Å². The first kappa shape index (κ1) is 25.8. The fourth-order valence-electron chi connectivity index (χ4n) is 4.65. The molecule has 2 aromatic rings. The van der Waals surface area contributed by atoms with E-state index in [0.717, 1.165) is 11.1 Å². The second-order valence-electron chi connectivity index (χ2n) is 8.68. The van der Waals surface area contributed by atoms with Gasteiger partial charge in [0.1, 0.15) is 5.69 Å². The molecule has 34 heavy (non-hydrogen) atoms. The molecule has 0 unspecified atom stereocenters. The van der Waals surface area contributed by atoms with Gasteiger partial charge in [-0.05, 0) is 36.0 Å². The van der Waals surface area contributed by atoms with Crippen LogP contribution in [0.2, 0.25) is 0 Å². The van der Waals surface area contributed by atoms with Gasteiger partial charge in [0.2, 0.25) is 17.7 Å². The van der Waals surface area contributed by atoms with Crippen molar-refractivity contribution in [1.82, 2.24) is 4.98 Å². The van der Waals surface area contributed by atoms with Crippen LogP contribution in [0.4, 0.5) is 14.5 Å². The number of aromatic nitrogens is 1. The summed E-state index contributed by atoms with van der Waals surface area (Å²) in [6.45, 7) is 1.04. The predicted molar refractivity (Wildman–Crippen MR) is 123 cm³/mol. The Bertz CT molecular complexity index is 985. The number of nitrogens with one attached hydrogen (secondary N) is 1. The number of rotatable bonds is 9. The maximum atomic E-state index is 14.0. The zero-order valence-electron chi connectivity index (χ0n) is 20.2. The number of hydrogen-bond donors (Lipinski definition) is 1. The summed E-state index contributed by atoms with van der Waals surface area (Å²) in [5, 5.41) is 2.81. The van der Waals surface area contributed by atoms with Crippen molar-refractivity contribution in [1.29, 1.82) is 0 Å². The van der Waals surface area contributed by atoms with E-state index in [-0.39, 0.29) is 23.4 Å². The molecule has 1 aliphatic rings. The minimum Gasteiger partial charge on any atom is -0.481 e. The average molecular weight is 479 g/mol. The number of alkyl halides is 2. The molecule has 0 spiro atoms. The maximum Gasteiger partial charge on any atom is 0.388 e. The van der Waals surface area contributed by atoms with Gasteiger partial charge < -0.3 is 24.3 Å². The third kappa shape index (κ3) is 5.15. The fraction of sp³-hybridized carbons (Fsp3) is 0.520.